The third kappa shape index (κ3) is 7.76. The second-order valence-corrected chi connectivity index (χ2v) is 12.5. The summed E-state index contributed by atoms with van der Waals surface area (Å²) in [6.07, 6.45) is 16.7. The molecular formula is C33H40N4S2. The first-order valence-electron chi connectivity index (χ1n) is 14.4. The molecule has 0 N–H and O–H groups in total. The highest BCUT2D eigenvalue weighted by Gasteiger charge is 2.31. The fourth-order valence-corrected chi connectivity index (χ4v) is 7.34. The van der Waals surface area contributed by atoms with Crippen LogP contribution < -0.4 is 4.90 Å². The van der Waals surface area contributed by atoms with Crippen molar-refractivity contribution in [1.82, 2.24) is 15.0 Å². The average Bonchev–Trinajstić information content (AvgIpc) is 3.01. The van der Waals surface area contributed by atoms with Crippen LogP contribution in [0.1, 0.15) is 86.5 Å². The van der Waals surface area contributed by atoms with E-state index >= 15 is 0 Å². The van der Waals surface area contributed by atoms with Gasteiger partial charge < -0.3 is 4.90 Å². The summed E-state index contributed by atoms with van der Waals surface area (Å²) in [5.74, 6) is 2.57. The molecule has 0 radical (unpaired) electrons. The number of aromatic nitrogens is 3. The fourth-order valence-electron chi connectivity index (χ4n) is 5.71. The Balaban J connectivity index is 1.42. The summed E-state index contributed by atoms with van der Waals surface area (Å²) in [6, 6.07) is 18.2. The predicted octanol–water partition coefficient (Wildman–Crippen LogP) is 9.21. The zero-order valence-corrected chi connectivity index (χ0v) is 24.6. The molecule has 2 aliphatic carbocycles. The van der Waals surface area contributed by atoms with E-state index in [4.69, 9.17) is 15.0 Å². The molecule has 2 aromatic carbocycles. The molecule has 5 rings (SSSR count). The van der Waals surface area contributed by atoms with Crippen molar-refractivity contribution < 1.29 is 0 Å². The Kier molecular flexibility index (Phi) is 10.2. The molecule has 2 saturated carbocycles. The highest BCUT2D eigenvalue weighted by molar-refractivity contribution is 7.99. The van der Waals surface area contributed by atoms with Gasteiger partial charge in [-0.3, -0.25) is 0 Å². The summed E-state index contributed by atoms with van der Waals surface area (Å²) in [5, 5.41) is 1.66. The maximum absolute atomic E-state index is 5.14. The quantitative estimate of drug-likeness (QED) is 0.219. The molecule has 2 fully saturated rings. The van der Waals surface area contributed by atoms with Crippen LogP contribution in [0.25, 0.3) is 12.2 Å². The van der Waals surface area contributed by atoms with Crippen molar-refractivity contribution in [1.29, 1.82) is 0 Å². The lowest BCUT2D eigenvalue weighted by Gasteiger charge is -2.41. The van der Waals surface area contributed by atoms with E-state index in [1.807, 2.05) is 12.2 Å². The minimum atomic E-state index is 0.540. The van der Waals surface area contributed by atoms with Gasteiger partial charge in [0.1, 0.15) is 0 Å². The smallest absolute Gasteiger partial charge is 0.230 e. The van der Waals surface area contributed by atoms with Crippen molar-refractivity contribution in [2.45, 2.75) is 98.1 Å². The molecule has 0 bridgehead atoms. The minimum Gasteiger partial charge on any atom is -0.335 e. The number of hydrogen-bond acceptors (Lipinski definition) is 6. The van der Waals surface area contributed by atoms with E-state index < -0.39 is 0 Å². The second-order valence-electron chi connectivity index (χ2n) is 10.7. The molecule has 6 heteroatoms. The Hall–Kier alpha value is -2.57. The molecule has 1 aromatic heterocycles. The highest BCUT2D eigenvalue weighted by atomic mass is 32.2. The summed E-state index contributed by atoms with van der Waals surface area (Å²) in [4.78, 5) is 17.9. The van der Waals surface area contributed by atoms with Crippen LogP contribution in [0.3, 0.4) is 0 Å². The first kappa shape index (κ1) is 28.0. The molecule has 0 saturated heterocycles. The van der Waals surface area contributed by atoms with Gasteiger partial charge in [-0.15, -0.1) is 0 Å². The maximum Gasteiger partial charge on any atom is 0.230 e. The Morgan fingerprint density at radius 1 is 0.615 bits per heavy atom. The third-order valence-electron chi connectivity index (χ3n) is 7.92. The summed E-state index contributed by atoms with van der Waals surface area (Å²) in [6.45, 7) is 7.74. The molecule has 0 spiro atoms. The summed E-state index contributed by atoms with van der Waals surface area (Å²) >= 11 is 3.43. The van der Waals surface area contributed by atoms with Gasteiger partial charge in [-0.1, -0.05) is 136 Å². The van der Waals surface area contributed by atoms with Gasteiger partial charge in [0.15, 0.2) is 10.3 Å². The Bertz CT molecular complexity index is 1120. The van der Waals surface area contributed by atoms with Gasteiger partial charge in [0.05, 0.1) is 0 Å². The Labute approximate surface area is 242 Å². The maximum atomic E-state index is 5.14. The second kappa shape index (κ2) is 14.2. The van der Waals surface area contributed by atoms with E-state index in [-0.39, 0.29) is 0 Å². The van der Waals surface area contributed by atoms with Gasteiger partial charge in [0.25, 0.3) is 0 Å². The van der Waals surface area contributed by atoms with Crippen molar-refractivity contribution >= 4 is 41.6 Å². The van der Waals surface area contributed by atoms with Gasteiger partial charge >= 0.3 is 0 Å². The van der Waals surface area contributed by atoms with Crippen LogP contribution in [-0.2, 0) is 11.5 Å². The average molecular weight is 557 g/mol. The van der Waals surface area contributed by atoms with Crippen molar-refractivity contribution in [3.05, 3.63) is 83.9 Å². The van der Waals surface area contributed by atoms with Gasteiger partial charge in [0.2, 0.25) is 5.95 Å². The van der Waals surface area contributed by atoms with E-state index in [2.05, 4.69) is 66.6 Å². The molecule has 0 unspecified atom stereocenters. The number of anilines is 1. The van der Waals surface area contributed by atoms with E-state index in [0.717, 1.165) is 38.9 Å². The molecule has 0 atom stereocenters. The van der Waals surface area contributed by atoms with Crippen LogP contribution in [-0.4, -0.2) is 27.0 Å². The molecular weight excluding hydrogens is 517 g/mol. The van der Waals surface area contributed by atoms with Crippen molar-refractivity contribution in [2.24, 2.45) is 0 Å². The zero-order chi connectivity index (χ0) is 26.9. The summed E-state index contributed by atoms with van der Waals surface area (Å²) in [7, 11) is 0. The molecule has 0 amide bonds. The van der Waals surface area contributed by atoms with Gasteiger partial charge in [-0.2, -0.15) is 15.0 Å². The number of hydrogen-bond donors (Lipinski definition) is 0. The number of rotatable bonds is 11. The molecule has 39 heavy (non-hydrogen) atoms. The standard InChI is InChI=1S/C33H40N4S2/c1-3-25-15-19-27(20-16-25)23-38-32-34-31(35-33(36-32)39-24-28-21-17-26(4-2)18-22-28)37(29-11-7-5-8-12-29)30-13-9-6-10-14-30/h3-4,15-22,29-30H,1-2,5-14,23-24H2. The van der Waals surface area contributed by atoms with Crippen molar-refractivity contribution in [3.8, 4) is 0 Å². The normalized spacial score (nSPS) is 16.6. The first-order chi connectivity index (χ1) is 19.2. The number of benzene rings is 2. The topological polar surface area (TPSA) is 41.9 Å². The summed E-state index contributed by atoms with van der Waals surface area (Å²) in [5.41, 5.74) is 4.81. The lowest BCUT2D eigenvalue weighted by Crippen LogP contribution is -2.46. The molecule has 4 nitrogen and oxygen atoms in total. The van der Waals surface area contributed by atoms with E-state index in [1.54, 1.807) is 23.5 Å². The van der Waals surface area contributed by atoms with E-state index in [1.165, 1.54) is 75.3 Å². The van der Waals surface area contributed by atoms with Gasteiger partial charge in [0, 0.05) is 23.6 Å². The lowest BCUT2D eigenvalue weighted by molar-refractivity contribution is 0.334. The monoisotopic (exact) mass is 556 g/mol. The SMILES string of the molecule is C=Cc1ccc(CSc2nc(SCc3ccc(C=C)cc3)nc(N(C3CCCCC3)C3CCCCC3)n2)cc1. The lowest BCUT2D eigenvalue weighted by atomic mass is 9.89. The third-order valence-corrected chi connectivity index (χ3v) is 9.75. The van der Waals surface area contributed by atoms with Crippen molar-refractivity contribution in [3.63, 3.8) is 0 Å². The van der Waals surface area contributed by atoms with Crippen LogP contribution in [0.2, 0.25) is 0 Å². The summed E-state index contributed by atoms with van der Waals surface area (Å²) < 4.78 is 0. The largest absolute Gasteiger partial charge is 0.335 e. The predicted molar refractivity (Wildman–Crippen MR) is 168 cm³/mol. The molecule has 3 aromatic rings. The van der Waals surface area contributed by atoms with Crippen molar-refractivity contribution in [2.75, 3.05) is 4.90 Å². The fraction of sp³-hybridized carbons (Fsp3) is 0.424. The zero-order valence-electron chi connectivity index (χ0n) is 22.9. The van der Waals surface area contributed by atoms with E-state index in [9.17, 15) is 0 Å². The van der Waals surface area contributed by atoms with Crippen LogP contribution in [0.4, 0.5) is 5.95 Å². The first-order valence-corrected chi connectivity index (χ1v) is 16.4. The minimum absolute atomic E-state index is 0.540. The molecule has 1 heterocycles. The Morgan fingerprint density at radius 2 is 1.03 bits per heavy atom. The number of thioether (sulfide) groups is 2. The highest BCUT2D eigenvalue weighted by Crippen LogP contribution is 2.35. The molecule has 2 aliphatic rings. The Morgan fingerprint density at radius 3 is 1.41 bits per heavy atom. The van der Waals surface area contributed by atoms with Crippen LogP contribution in [0, 0.1) is 0 Å². The van der Waals surface area contributed by atoms with Crippen LogP contribution in [0.15, 0.2) is 72.0 Å². The van der Waals surface area contributed by atoms with E-state index in [0.29, 0.717) is 12.1 Å². The van der Waals surface area contributed by atoms with Crippen LogP contribution in [0.5, 0.6) is 0 Å². The molecule has 204 valence electrons. The number of nitrogens with zero attached hydrogens (tertiary/aromatic N) is 4. The van der Waals surface area contributed by atoms with Gasteiger partial charge in [-0.25, -0.2) is 0 Å². The van der Waals surface area contributed by atoms with Crippen LogP contribution >= 0.6 is 23.5 Å². The molecule has 0 aliphatic heterocycles. The van der Waals surface area contributed by atoms with Gasteiger partial charge in [-0.05, 0) is 47.9 Å².